The van der Waals surface area contributed by atoms with Gasteiger partial charge in [0.2, 0.25) is 0 Å². The molecule has 0 aliphatic heterocycles. The molecule has 0 bridgehead atoms. The number of allylic oxidation sites excluding steroid dienone is 2. The van der Waals surface area contributed by atoms with Crippen molar-refractivity contribution in [2.75, 3.05) is 0 Å². The minimum Gasteiger partial charge on any atom is -0.144 e. The third-order valence-corrected chi connectivity index (χ3v) is 3.07. The Morgan fingerprint density at radius 3 is 2.47 bits per heavy atom. The van der Waals surface area contributed by atoms with Crippen LogP contribution in [0.25, 0.3) is 11.6 Å². The highest BCUT2D eigenvalue weighted by Crippen LogP contribution is 2.23. The quantitative estimate of drug-likeness (QED) is 0.658. The third kappa shape index (κ3) is 2.45. The second kappa shape index (κ2) is 4.76. The van der Waals surface area contributed by atoms with Gasteiger partial charge in [0.05, 0.1) is 0 Å². The minimum absolute atomic E-state index is 1.18. The van der Waals surface area contributed by atoms with Gasteiger partial charge in [-0.2, -0.15) is 0 Å². The summed E-state index contributed by atoms with van der Waals surface area (Å²) in [6, 6.07) is 14.5. The standard InChI is InChI=1S/C14H12S/c1-2-13(14-9-6-10-15-14)11-12-7-4-3-5-8-12/h2-11H,1H2/b13-11-. The van der Waals surface area contributed by atoms with E-state index in [0.29, 0.717) is 0 Å². The maximum Gasteiger partial charge on any atom is 0.0342 e. The fourth-order valence-corrected chi connectivity index (χ4v) is 2.14. The molecule has 1 heteroatoms. The highest BCUT2D eigenvalue weighted by atomic mass is 32.1. The normalized spacial score (nSPS) is 11.3. The molecule has 0 fully saturated rings. The van der Waals surface area contributed by atoms with E-state index in [9.17, 15) is 0 Å². The number of thiophene rings is 1. The number of hydrogen-bond donors (Lipinski definition) is 0. The van der Waals surface area contributed by atoms with Gasteiger partial charge >= 0.3 is 0 Å². The molecular formula is C14H12S. The lowest BCUT2D eigenvalue weighted by atomic mass is 10.1. The fourth-order valence-electron chi connectivity index (χ4n) is 1.40. The molecule has 0 atom stereocenters. The Morgan fingerprint density at radius 2 is 1.87 bits per heavy atom. The Labute approximate surface area is 94.2 Å². The molecule has 0 saturated carbocycles. The zero-order valence-electron chi connectivity index (χ0n) is 8.39. The van der Waals surface area contributed by atoms with E-state index in [4.69, 9.17) is 0 Å². The first kappa shape index (κ1) is 9.94. The molecule has 2 rings (SSSR count). The molecule has 2 aromatic rings. The molecule has 1 heterocycles. The zero-order chi connectivity index (χ0) is 10.5. The molecule has 1 aromatic carbocycles. The second-order valence-electron chi connectivity index (χ2n) is 3.19. The molecule has 0 spiro atoms. The van der Waals surface area contributed by atoms with Gasteiger partial charge in [-0.05, 0) is 28.7 Å². The van der Waals surface area contributed by atoms with Crippen LogP contribution in [0, 0.1) is 0 Å². The van der Waals surface area contributed by atoms with Crippen molar-refractivity contribution in [1.82, 2.24) is 0 Å². The average molecular weight is 212 g/mol. The van der Waals surface area contributed by atoms with Gasteiger partial charge in [0.1, 0.15) is 0 Å². The smallest absolute Gasteiger partial charge is 0.0342 e. The van der Waals surface area contributed by atoms with E-state index in [-0.39, 0.29) is 0 Å². The van der Waals surface area contributed by atoms with Crippen molar-refractivity contribution in [3.05, 3.63) is 70.9 Å². The third-order valence-electron chi connectivity index (χ3n) is 2.15. The van der Waals surface area contributed by atoms with E-state index in [0.717, 1.165) is 0 Å². The molecular weight excluding hydrogens is 200 g/mol. The van der Waals surface area contributed by atoms with Crippen LogP contribution >= 0.6 is 11.3 Å². The van der Waals surface area contributed by atoms with Gasteiger partial charge in [0.15, 0.2) is 0 Å². The summed E-state index contributed by atoms with van der Waals surface area (Å²) in [5.74, 6) is 0. The van der Waals surface area contributed by atoms with E-state index < -0.39 is 0 Å². The van der Waals surface area contributed by atoms with Crippen molar-refractivity contribution in [3.8, 4) is 0 Å². The van der Waals surface area contributed by atoms with Crippen LogP contribution in [-0.4, -0.2) is 0 Å². The first-order valence-corrected chi connectivity index (χ1v) is 5.71. The fraction of sp³-hybridized carbons (Fsp3) is 0. The summed E-state index contributed by atoms with van der Waals surface area (Å²) in [4.78, 5) is 1.26. The topological polar surface area (TPSA) is 0 Å². The molecule has 15 heavy (non-hydrogen) atoms. The van der Waals surface area contributed by atoms with Crippen LogP contribution in [0.4, 0.5) is 0 Å². The summed E-state index contributed by atoms with van der Waals surface area (Å²) in [6.07, 6.45) is 4.05. The van der Waals surface area contributed by atoms with Crippen molar-refractivity contribution < 1.29 is 0 Å². The lowest BCUT2D eigenvalue weighted by molar-refractivity contribution is 1.66. The van der Waals surface area contributed by atoms with Crippen molar-refractivity contribution in [3.63, 3.8) is 0 Å². The van der Waals surface area contributed by atoms with Crippen molar-refractivity contribution in [2.24, 2.45) is 0 Å². The van der Waals surface area contributed by atoms with E-state index >= 15 is 0 Å². The van der Waals surface area contributed by atoms with E-state index in [2.05, 4.69) is 42.3 Å². The average Bonchev–Trinajstić information content (AvgIpc) is 2.81. The second-order valence-corrected chi connectivity index (χ2v) is 4.14. The van der Waals surface area contributed by atoms with Crippen LogP contribution < -0.4 is 0 Å². The number of benzene rings is 1. The van der Waals surface area contributed by atoms with Crippen molar-refractivity contribution in [2.45, 2.75) is 0 Å². The summed E-state index contributed by atoms with van der Waals surface area (Å²) in [6.45, 7) is 3.85. The molecule has 0 aliphatic rings. The Hall–Kier alpha value is -1.60. The monoisotopic (exact) mass is 212 g/mol. The van der Waals surface area contributed by atoms with Crippen LogP contribution in [-0.2, 0) is 0 Å². The van der Waals surface area contributed by atoms with Crippen molar-refractivity contribution in [1.29, 1.82) is 0 Å². The Morgan fingerprint density at radius 1 is 1.07 bits per heavy atom. The SMILES string of the molecule is C=C/C(=C/c1ccccc1)c1cccs1. The van der Waals surface area contributed by atoms with Crippen molar-refractivity contribution >= 4 is 23.0 Å². The van der Waals surface area contributed by atoms with E-state index in [1.165, 1.54) is 16.0 Å². The van der Waals surface area contributed by atoms with Crippen LogP contribution in [0.2, 0.25) is 0 Å². The number of hydrogen-bond acceptors (Lipinski definition) is 1. The molecule has 0 radical (unpaired) electrons. The zero-order valence-corrected chi connectivity index (χ0v) is 9.21. The van der Waals surface area contributed by atoms with Crippen LogP contribution in [0.5, 0.6) is 0 Å². The summed E-state index contributed by atoms with van der Waals surface area (Å²) in [5, 5.41) is 2.08. The highest BCUT2D eigenvalue weighted by Gasteiger charge is 1.97. The lowest BCUT2D eigenvalue weighted by Gasteiger charge is -1.98. The van der Waals surface area contributed by atoms with Gasteiger partial charge in [-0.1, -0.05) is 49.1 Å². The molecule has 0 unspecified atom stereocenters. The maximum atomic E-state index is 3.85. The van der Waals surface area contributed by atoms with Gasteiger partial charge in [-0.15, -0.1) is 11.3 Å². The predicted octanol–water partition coefficient (Wildman–Crippen LogP) is 4.47. The van der Waals surface area contributed by atoms with Gasteiger partial charge in [-0.25, -0.2) is 0 Å². The summed E-state index contributed by atoms with van der Waals surface area (Å²) < 4.78 is 0. The molecule has 74 valence electrons. The summed E-state index contributed by atoms with van der Waals surface area (Å²) in [5.41, 5.74) is 2.39. The van der Waals surface area contributed by atoms with Crippen LogP contribution in [0.1, 0.15) is 10.4 Å². The molecule has 0 nitrogen and oxygen atoms in total. The van der Waals surface area contributed by atoms with E-state index in [1.807, 2.05) is 24.3 Å². The lowest BCUT2D eigenvalue weighted by Crippen LogP contribution is -1.75. The van der Waals surface area contributed by atoms with Gasteiger partial charge in [-0.3, -0.25) is 0 Å². The van der Waals surface area contributed by atoms with Crippen LogP contribution in [0.3, 0.4) is 0 Å². The summed E-state index contributed by atoms with van der Waals surface area (Å²) in [7, 11) is 0. The maximum absolute atomic E-state index is 3.85. The molecule has 1 aromatic heterocycles. The predicted molar refractivity (Wildman–Crippen MR) is 68.8 cm³/mol. The van der Waals surface area contributed by atoms with Gasteiger partial charge < -0.3 is 0 Å². The van der Waals surface area contributed by atoms with Gasteiger partial charge in [0, 0.05) is 4.88 Å². The molecule has 0 N–H and O–H groups in total. The van der Waals surface area contributed by atoms with Crippen LogP contribution in [0.15, 0.2) is 60.5 Å². The Bertz CT molecular complexity index is 449. The molecule has 0 amide bonds. The van der Waals surface area contributed by atoms with E-state index in [1.54, 1.807) is 11.3 Å². The summed E-state index contributed by atoms with van der Waals surface area (Å²) >= 11 is 1.74. The highest BCUT2D eigenvalue weighted by molar-refractivity contribution is 7.11. The number of rotatable bonds is 3. The minimum atomic E-state index is 1.18. The first-order chi connectivity index (χ1) is 7.40. The molecule has 0 aliphatic carbocycles. The first-order valence-electron chi connectivity index (χ1n) is 4.83. The Kier molecular flexibility index (Phi) is 3.15. The largest absolute Gasteiger partial charge is 0.144 e. The van der Waals surface area contributed by atoms with Gasteiger partial charge in [0.25, 0.3) is 0 Å². The Balaban J connectivity index is 2.36. The molecule has 0 saturated heterocycles.